The number of hydrogen-bond donors (Lipinski definition) is 1. The van der Waals surface area contributed by atoms with E-state index in [0.717, 1.165) is 49.5 Å². The largest absolute Gasteiger partial charge is 0.392 e. The van der Waals surface area contributed by atoms with Gasteiger partial charge in [-0.1, -0.05) is 19.1 Å². The number of rotatable bonds is 3. The summed E-state index contributed by atoms with van der Waals surface area (Å²) in [6.07, 6.45) is 7.50. The fraction of sp³-hybridized carbons (Fsp3) is 0.667. The van der Waals surface area contributed by atoms with E-state index >= 15 is 0 Å². The molecular formula is C15H22O2. The molecule has 0 aromatic rings. The molecule has 0 spiro atoms. The van der Waals surface area contributed by atoms with E-state index in [-0.39, 0.29) is 12.0 Å². The van der Waals surface area contributed by atoms with Gasteiger partial charge in [0.2, 0.25) is 0 Å². The van der Waals surface area contributed by atoms with Crippen LogP contribution < -0.4 is 0 Å². The number of aliphatic hydroxyl groups is 1. The van der Waals surface area contributed by atoms with E-state index in [2.05, 4.69) is 13.5 Å². The Morgan fingerprint density at radius 1 is 1.59 bits per heavy atom. The number of aldehydes is 1. The lowest BCUT2D eigenvalue weighted by Crippen LogP contribution is -2.32. The number of fused-ring (bicyclic) bond motifs is 1. The van der Waals surface area contributed by atoms with Crippen LogP contribution in [0.15, 0.2) is 23.3 Å². The average Bonchev–Trinajstić information content (AvgIpc) is 2.35. The molecular weight excluding hydrogens is 212 g/mol. The van der Waals surface area contributed by atoms with Crippen molar-refractivity contribution < 1.29 is 9.90 Å². The zero-order valence-corrected chi connectivity index (χ0v) is 10.7. The maximum Gasteiger partial charge on any atom is 0.145 e. The third-order valence-corrected chi connectivity index (χ3v) is 4.71. The van der Waals surface area contributed by atoms with Crippen LogP contribution in [0.4, 0.5) is 0 Å². The van der Waals surface area contributed by atoms with Gasteiger partial charge in [-0.3, -0.25) is 4.79 Å². The fourth-order valence-electron chi connectivity index (χ4n) is 3.46. The van der Waals surface area contributed by atoms with Crippen LogP contribution in [0.2, 0.25) is 0 Å². The van der Waals surface area contributed by atoms with Gasteiger partial charge in [-0.05, 0) is 61.0 Å². The summed E-state index contributed by atoms with van der Waals surface area (Å²) in [5, 5.41) is 9.19. The van der Waals surface area contributed by atoms with Crippen LogP contribution in [-0.2, 0) is 4.79 Å². The summed E-state index contributed by atoms with van der Waals surface area (Å²) in [6, 6.07) is 0. The van der Waals surface area contributed by atoms with Crippen LogP contribution >= 0.6 is 0 Å². The highest BCUT2D eigenvalue weighted by atomic mass is 16.3. The van der Waals surface area contributed by atoms with Gasteiger partial charge < -0.3 is 5.11 Å². The number of aliphatic hydroxyl groups excluding tert-OH is 1. The van der Waals surface area contributed by atoms with E-state index < -0.39 is 0 Å². The maximum atomic E-state index is 11.2. The average molecular weight is 234 g/mol. The summed E-state index contributed by atoms with van der Waals surface area (Å²) in [5.41, 5.74) is 3.54. The highest BCUT2D eigenvalue weighted by Crippen LogP contribution is 2.51. The van der Waals surface area contributed by atoms with Gasteiger partial charge in [-0.2, -0.15) is 0 Å². The first kappa shape index (κ1) is 12.6. The lowest BCUT2D eigenvalue weighted by atomic mass is 9.61. The summed E-state index contributed by atoms with van der Waals surface area (Å²) in [7, 11) is 0. The first-order chi connectivity index (χ1) is 8.10. The molecule has 0 aromatic heterocycles. The molecule has 0 heterocycles. The second-order valence-corrected chi connectivity index (χ2v) is 5.79. The van der Waals surface area contributed by atoms with E-state index in [1.165, 1.54) is 12.0 Å². The minimum atomic E-state index is 0.0745. The molecule has 0 radical (unpaired) electrons. The highest BCUT2D eigenvalue weighted by molar-refractivity contribution is 5.75. The van der Waals surface area contributed by atoms with Gasteiger partial charge in [0.15, 0.2) is 0 Å². The first-order valence-electron chi connectivity index (χ1n) is 6.57. The Hall–Kier alpha value is -0.890. The van der Waals surface area contributed by atoms with Crippen molar-refractivity contribution in [3.8, 4) is 0 Å². The Balaban J connectivity index is 2.27. The van der Waals surface area contributed by atoms with Crippen molar-refractivity contribution in [2.24, 2.45) is 11.3 Å². The van der Waals surface area contributed by atoms with Crippen LogP contribution in [0, 0.1) is 11.3 Å². The second kappa shape index (κ2) is 4.77. The Kier molecular flexibility index (Phi) is 3.53. The fourth-order valence-corrected chi connectivity index (χ4v) is 3.46. The minimum absolute atomic E-state index is 0.0745. The summed E-state index contributed by atoms with van der Waals surface area (Å²) >= 11 is 0. The Bertz CT molecular complexity index is 367. The smallest absolute Gasteiger partial charge is 0.145 e. The van der Waals surface area contributed by atoms with Crippen molar-refractivity contribution in [3.63, 3.8) is 0 Å². The Labute approximate surface area is 103 Å². The zero-order chi connectivity index (χ0) is 12.5. The molecule has 2 aliphatic carbocycles. The molecule has 1 fully saturated rings. The Morgan fingerprint density at radius 2 is 2.35 bits per heavy atom. The molecule has 2 nitrogen and oxygen atoms in total. The zero-order valence-electron chi connectivity index (χ0n) is 10.7. The quantitative estimate of drug-likeness (QED) is 0.602. The van der Waals surface area contributed by atoms with Gasteiger partial charge in [0.05, 0.1) is 6.61 Å². The minimum Gasteiger partial charge on any atom is -0.392 e. The summed E-state index contributed by atoms with van der Waals surface area (Å²) in [6.45, 7) is 6.32. The van der Waals surface area contributed by atoms with Gasteiger partial charge >= 0.3 is 0 Å². The predicted octanol–water partition coefficient (Wildman–Crippen LogP) is 3.02. The van der Waals surface area contributed by atoms with Gasteiger partial charge in [0.25, 0.3) is 0 Å². The van der Waals surface area contributed by atoms with Crippen LogP contribution in [0.3, 0.4) is 0 Å². The molecule has 1 saturated carbocycles. The molecule has 94 valence electrons. The molecule has 2 heteroatoms. The third-order valence-electron chi connectivity index (χ3n) is 4.71. The monoisotopic (exact) mass is 234 g/mol. The topological polar surface area (TPSA) is 37.3 Å². The Morgan fingerprint density at radius 3 is 3.00 bits per heavy atom. The summed E-state index contributed by atoms with van der Waals surface area (Å²) in [5.74, 6) is 0.371. The molecule has 2 rings (SSSR count). The predicted molar refractivity (Wildman–Crippen MR) is 68.6 cm³/mol. The number of hydrogen-bond acceptors (Lipinski definition) is 2. The number of carbonyl (C=O) groups is 1. The molecule has 0 saturated heterocycles. The molecule has 2 atom stereocenters. The van der Waals surface area contributed by atoms with E-state index in [1.54, 1.807) is 0 Å². The second-order valence-electron chi connectivity index (χ2n) is 5.79. The van der Waals surface area contributed by atoms with E-state index in [4.69, 9.17) is 0 Å². The lowest BCUT2D eigenvalue weighted by Gasteiger charge is -2.44. The summed E-state index contributed by atoms with van der Waals surface area (Å²) < 4.78 is 0. The first-order valence-corrected chi connectivity index (χ1v) is 6.57. The highest BCUT2D eigenvalue weighted by Gasteiger charge is 2.39. The number of allylic oxidation sites excluding steroid dienone is 2. The van der Waals surface area contributed by atoms with Crippen LogP contribution in [0.25, 0.3) is 0 Å². The van der Waals surface area contributed by atoms with Crippen molar-refractivity contribution in [3.05, 3.63) is 23.3 Å². The molecule has 1 N–H and O–H groups in total. The van der Waals surface area contributed by atoms with Crippen LogP contribution in [0.1, 0.15) is 45.4 Å². The molecule has 0 bridgehead atoms. The van der Waals surface area contributed by atoms with Crippen molar-refractivity contribution >= 4 is 6.29 Å². The van der Waals surface area contributed by atoms with E-state index in [9.17, 15) is 9.90 Å². The molecule has 17 heavy (non-hydrogen) atoms. The van der Waals surface area contributed by atoms with Crippen LogP contribution in [0.5, 0.6) is 0 Å². The standard InChI is InChI=1S/C15H22O2/c1-11(9-16)12-5-7-15(2)6-3-4-13(10-17)14(15)8-12/h10,12,16H,1,3-9H2,2H3. The van der Waals surface area contributed by atoms with Gasteiger partial charge in [-0.25, -0.2) is 0 Å². The summed E-state index contributed by atoms with van der Waals surface area (Å²) in [4.78, 5) is 11.2. The molecule has 0 aromatic carbocycles. The maximum absolute atomic E-state index is 11.2. The molecule has 2 aliphatic rings. The molecule has 0 amide bonds. The van der Waals surface area contributed by atoms with Crippen molar-refractivity contribution in [1.29, 1.82) is 0 Å². The lowest BCUT2D eigenvalue weighted by molar-refractivity contribution is -0.105. The normalized spacial score (nSPS) is 33.2. The van der Waals surface area contributed by atoms with Gasteiger partial charge in [0.1, 0.15) is 6.29 Å². The van der Waals surface area contributed by atoms with Crippen LogP contribution in [-0.4, -0.2) is 18.0 Å². The van der Waals surface area contributed by atoms with E-state index in [0.29, 0.717) is 5.92 Å². The van der Waals surface area contributed by atoms with Crippen molar-refractivity contribution in [2.75, 3.05) is 6.61 Å². The van der Waals surface area contributed by atoms with Crippen molar-refractivity contribution in [1.82, 2.24) is 0 Å². The molecule has 2 unspecified atom stereocenters. The van der Waals surface area contributed by atoms with E-state index in [1.807, 2.05) is 0 Å². The molecule has 0 aliphatic heterocycles. The van der Waals surface area contributed by atoms with Crippen molar-refractivity contribution in [2.45, 2.75) is 45.4 Å². The third kappa shape index (κ3) is 2.23. The van der Waals surface area contributed by atoms with Gasteiger partial charge in [-0.15, -0.1) is 0 Å². The van der Waals surface area contributed by atoms with Gasteiger partial charge in [0, 0.05) is 0 Å². The number of carbonyl (C=O) groups excluding carboxylic acids is 1. The SMILES string of the molecule is C=C(CO)C1CCC2(C)CCCC(C=O)=C2C1.